The van der Waals surface area contributed by atoms with Gasteiger partial charge in [-0.1, -0.05) is 19.1 Å². The Kier molecular flexibility index (Phi) is 8.67. The lowest BCUT2D eigenvalue weighted by molar-refractivity contribution is -0.140. The van der Waals surface area contributed by atoms with Crippen LogP contribution in [0.15, 0.2) is 42.5 Å². The molecule has 1 N–H and O–H groups in total. The lowest BCUT2D eigenvalue weighted by Gasteiger charge is -2.33. The Morgan fingerprint density at radius 2 is 1.83 bits per heavy atom. The number of amides is 2. The fourth-order valence-electron chi connectivity index (χ4n) is 3.92. The van der Waals surface area contributed by atoms with E-state index in [1.54, 1.807) is 37.4 Å². The zero-order chi connectivity index (χ0) is 26.5. The van der Waals surface area contributed by atoms with E-state index in [-0.39, 0.29) is 31.0 Å². The molecule has 1 aliphatic heterocycles. The van der Waals surface area contributed by atoms with E-state index in [9.17, 15) is 18.0 Å². The predicted octanol–water partition coefficient (Wildman–Crippen LogP) is 2.52. The van der Waals surface area contributed by atoms with E-state index in [4.69, 9.17) is 14.2 Å². The molecule has 0 fully saturated rings. The molecule has 2 aromatic rings. The van der Waals surface area contributed by atoms with Gasteiger partial charge in [0.15, 0.2) is 11.5 Å². The molecule has 11 heteroatoms. The maximum absolute atomic E-state index is 13.7. The summed E-state index contributed by atoms with van der Waals surface area (Å²) in [7, 11) is -2.31. The maximum Gasteiger partial charge on any atom is 0.244 e. The fraction of sp³-hybridized carbons (Fsp3) is 0.440. The number of ether oxygens (including phenoxy) is 3. The Morgan fingerprint density at radius 3 is 2.47 bits per heavy atom. The molecule has 0 bridgehead atoms. The number of methoxy groups -OCH3 is 1. The minimum absolute atomic E-state index is 0.0358. The van der Waals surface area contributed by atoms with Gasteiger partial charge in [-0.3, -0.25) is 13.9 Å². The number of carbonyl (C=O) groups is 2. The zero-order valence-electron chi connectivity index (χ0n) is 21.2. The number of hydrogen-bond donors (Lipinski definition) is 1. The van der Waals surface area contributed by atoms with Crippen molar-refractivity contribution in [3.8, 4) is 17.2 Å². The highest BCUT2D eigenvalue weighted by molar-refractivity contribution is 7.92. The van der Waals surface area contributed by atoms with Crippen LogP contribution in [0.25, 0.3) is 0 Å². The second-order valence-electron chi connectivity index (χ2n) is 8.77. The number of nitrogens with zero attached hydrogens (tertiary/aromatic N) is 2. The summed E-state index contributed by atoms with van der Waals surface area (Å²) >= 11 is 0. The molecular weight excluding hydrogens is 486 g/mol. The highest BCUT2D eigenvalue weighted by atomic mass is 32.2. The molecule has 0 saturated carbocycles. The number of carbonyl (C=O) groups excluding carboxylic acids is 2. The lowest BCUT2D eigenvalue weighted by Crippen LogP contribution is -2.53. The molecule has 0 saturated heterocycles. The first-order chi connectivity index (χ1) is 17.0. The van der Waals surface area contributed by atoms with E-state index in [2.05, 4.69) is 5.32 Å². The Hall–Kier alpha value is -3.47. The molecule has 196 valence electrons. The summed E-state index contributed by atoms with van der Waals surface area (Å²) < 4.78 is 42.5. The first kappa shape index (κ1) is 27.1. The van der Waals surface area contributed by atoms with Crippen molar-refractivity contribution in [2.45, 2.75) is 45.8 Å². The van der Waals surface area contributed by atoms with Crippen molar-refractivity contribution in [1.82, 2.24) is 10.2 Å². The van der Waals surface area contributed by atoms with E-state index >= 15 is 0 Å². The van der Waals surface area contributed by atoms with Gasteiger partial charge in [0.25, 0.3) is 0 Å². The first-order valence-corrected chi connectivity index (χ1v) is 13.5. The van der Waals surface area contributed by atoms with Crippen LogP contribution < -0.4 is 23.8 Å². The highest BCUT2D eigenvalue weighted by Gasteiger charge is 2.32. The van der Waals surface area contributed by atoms with Crippen molar-refractivity contribution in [3.05, 3.63) is 48.0 Å². The second kappa shape index (κ2) is 11.5. The van der Waals surface area contributed by atoms with Crippen LogP contribution in [0.2, 0.25) is 0 Å². The van der Waals surface area contributed by atoms with Gasteiger partial charge in [0.05, 0.1) is 19.1 Å². The summed E-state index contributed by atoms with van der Waals surface area (Å²) in [6, 6.07) is 10.9. The topological polar surface area (TPSA) is 114 Å². The van der Waals surface area contributed by atoms with E-state index in [0.29, 0.717) is 23.7 Å². The minimum Gasteiger partial charge on any atom is -0.497 e. The van der Waals surface area contributed by atoms with Crippen LogP contribution in [0.3, 0.4) is 0 Å². The molecule has 1 atom stereocenters. The summed E-state index contributed by atoms with van der Waals surface area (Å²) in [6.07, 6.45) is 1.37. The minimum atomic E-state index is -3.85. The second-order valence-corrected chi connectivity index (χ2v) is 10.7. The van der Waals surface area contributed by atoms with Gasteiger partial charge in [0, 0.05) is 18.7 Å². The van der Waals surface area contributed by atoms with Gasteiger partial charge in [-0.05, 0) is 50.1 Å². The van der Waals surface area contributed by atoms with E-state index in [1.807, 2.05) is 26.8 Å². The van der Waals surface area contributed by atoms with Crippen LogP contribution in [0.5, 0.6) is 17.2 Å². The first-order valence-electron chi connectivity index (χ1n) is 11.6. The number of anilines is 1. The third kappa shape index (κ3) is 6.60. The van der Waals surface area contributed by atoms with Gasteiger partial charge in [-0.25, -0.2) is 8.42 Å². The van der Waals surface area contributed by atoms with Crippen LogP contribution in [0, 0.1) is 0 Å². The van der Waals surface area contributed by atoms with Crippen molar-refractivity contribution >= 4 is 27.5 Å². The third-order valence-corrected chi connectivity index (χ3v) is 6.77. The summed E-state index contributed by atoms with van der Waals surface area (Å²) in [5, 5.41) is 2.86. The molecule has 36 heavy (non-hydrogen) atoms. The van der Waals surface area contributed by atoms with E-state index in [1.165, 1.54) is 11.0 Å². The standard InChI is InChI=1S/C25H33N3O7S/c1-6-21(25(30)26-17(2)3)27(14-18-8-7-9-20(12-18)33-4)24(29)15-28(36(5,31)32)19-10-11-22-23(13-19)35-16-34-22/h7-13,17,21H,6,14-16H2,1-5H3,(H,26,30)/t21-/m0/s1. The molecular formula is C25H33N3O7S. The van der Waals surface area contributed by atoms with Crippen molar-refractivity contribution in [2.24, 2.45) is 0 Å². The molecule has 2 amide bonds. The van der Waals surface area contributed by atoms with Crippen molar-refractivity contribution in [2.75, 3.05) is 31.0 Å². The summed E-state index contributed by atoms with van der Waals surface area (Å²) in [5.74, 6) is 0.668. The lowest BCUT2D eigenvalue weighted by atomic mass is 10.1. The number of hydrogen-bond acceptors (Lipinski definition) is 7. The van der Waals surface area contributed by atoms with Gasteiger partial charge in [0.2, 0.25) is 28.6 Å². The average molecular weight is 520 g/mol. The van der Waals surface area contributed by atoms with Crippen molar-refractivity contribution in [1.29, 1.82) is 0 Å². The van der Waals surface area contributed by atoms with Gasteiger partial charge >= 0.3 is 0 Å². The number of rotatable bonds is 11. The van der Waals surface area contributed by atoms with Crippen LogP contribution in [-0.4, -0.2) is 63.9 Å². The summed E-state index contributed by atoms with van der Waals surface area (Å²) in [4.78, 5) is 28.2. The number of sulfonamides is 1. The molecule has 3 rings (SSSR count). The van der Waals surface area contributed by atoms with Gasteiger partial charge in [-0.15, -0.1) is 0 Å². The van der Waals surface area contributed by atoms with Crippen LogP contribution in [-0.2, 0) is 26.2 Å². The van der Waals surface area contributed by atoms with Gasteiger partial charge < -0.3 is 24.4 Å². The molecule has 0 aromatic heterocycles. The maximum atomic E-state index is 13.7. The van der Waals surface area contributed by atoms with Gasteiger partial charge in [0.1, 0.15) is 18.3 Å². The molecule has 10 nitrogen and oxygen atoms in total. The molecule has 1 aliphatic rings. The van der Waals surface area contributed by atoms with Crippen LogP contribution >= 0.6 is 0 Å². The van der Waals surface area contributed by atoms with Crippen molar-refractivity contribution in [3.63, 3.8) is 0 Å². The fourth-order valence-corrected chi connectivity index (χ4v) is 4.76. The molecule has 0 spiro atoms. The summed E-state index contributed by atoms with van der Waals surface area (Å²) in [5.41, 5.74) is 1.00. The van der Waals surface area contributed by atoms with Crippen molar-refractivity contribution < 1.29 is 32.2 Å². The molecule has 1 heterocycles. The normalized spacial score (nSPS) is 13.3. The molecule has 0 aliphatic carbocycles. The van der Waals surface area contributed by atoms with Crippen LogP contribution in [0.1, 0.15) is 32.8 Å². The quantitative estimate of drug-likeness (QED) is 0.485. The Labute approximate surface area is 212 Å². The monoisotopic (exact) mass is 519 g/mol. The number of nitrogens with one attached hydrogen (secondary N) is 1. The smallest absolute Gasteiger partial charge is 0.244 e. The Bertz CT molecular complexity index is 1200. The van der Waals surface area contributed by atoms with E-state index in [0.717, 1.165) is 16.1 Å². The SMILES string of the molecule is CC[C@@H](C(=O)NC(C)C)N(Cc1cccc(OC)c1)C(=O)CN(c1ccc2c(c1)OCO2)S(C)(=O)=O. The molecule has 2 aromatic carbocycles. The molecule has 0 unspecified atom stereocenters. The number of benzene rings is 2. The summed E-state index contributed by atoms with van der Waals surface area (Å²) in [6.45, 7) is 5.12. The number of fused-ring (bicyclic) bond motifs is 1. The highest BCUT2D eigenvalue weighted by Crippen LogP contribution is 2.36. The predicted molar refractivity (Wildman–Crippen MR) is 136 cm³/mol. The van der Waals surface area contributed by atoms with E-state index < -0.39 is 28.5 Å². The molecule has 0 radical (unpaired) electrons. The largest absolute Gasteiger partial charge is 0.497 e. The zero-order valence-corrected chi connectivity index (χ0v) is 22.0. The Morgan fingerprint density at radius 1 is 1.11 bits per heavy atom. The third-order valence-electron chi connectivity index (χ3n) is 5.63. The Balaban J connectivity index is 1.96. The average Bonchev–Trinajstić information content (AvgIpc) is 3.29. The van der Waals surface area contributed by atoms with Crippen LogP contribution in [0.4, 0.5) is 5.69 Å². The van der Waals surface area contributed by atoms with Gasteiger partial charge in [-0.2, -0.15) is 0 Å².